The third-order valence-electron chi connectivity index (χ3n) is 4.70. The van der Waals surface area contributed by atoms with Gasteiger partial charge in [0, 0.05) is 36.2 Å². The van der Waals surface area contributed by atoms with Crippen LogP contribution in [0, 0.1) is 0 Å². The van der Waals surface area contributed by atoms with Crippen LogP contribution in [0.4, 0.5) is 0 Å². The van der Waals surface area contributed by atoms with Crippen molar-refractivity contribution in [3.63, 3.8) is 0 Å². The summed E-state index contributed by atoms with van der Waals surface area (Å²) in [6, 6.07) is 0. The molecule has 1 aliphatic heterocycles. The Balaban J connectivity index is 2.07. The standard InChI is InChI=1S/C19H34N2O/c1-6-7-13-20-16-14-18(2,3)21(19(4,5)15-16)22-17-11-9-8-10-12-17/h8-9,17H,6-7,10-15H2,1-5H3. The maximum Gasteiger partial charge on any atom is 0.0831 e. The molecule has 0 bridgehead atoms. The van der Waals surface area contributed by atoms with E-state index in [2.05, 4.69) is 51.8 Å². The lowest BCUT2D eigenvalue weighted by Gasteiger charge is -2.52. The van der Waals surface area contributed by atoms with E-state index < -0.39 is 0 Å². The predicted molar refractivity (Wildman–Crippen MR) is 94.3 cm³/mol. The van der Waals surface area contributed by atoms with Gasteiger partial charge in [-0.2, -0.15) is 5.06 Å². The van der Waals surface area contributed by atoms with Crippen molar-refractivity contribution in [1.29, 1.82) is 0 Å². The molecular formula is C19H34N2O. The monoisotopic (exact) mass is 306 g/mol. The molecule has 3 nitrogen and oxygen atoms in total. The first-order chi connectivity index (χ1) is 10.3. The number of aliphatic imine (C=N–C) groups is 1. The smallest absolute Gasteiger partial charge is 0.0831 e. The summed E-state index contributed by atoms with van der Waals surface area (Å²) in [5.74, 6) is 0. The molecule has 1 fully saturated rings. The number of unbranched alkanes of at least 4 members (excludes halogenated alkanes) is 1. The predicted octanol–water partition coefficient (Wildman–Crippen LogP) is 4.92. The molecule has 22 heavy (non-hydrogen) atoms. The Morgan fingerprint density at radius 3 is 2.41 bits per heavy atom. The second-order valence-electron chi connectivity index (χ2n) is 8.09. The van der Waals surface area contributed by atoms with Crippen LogP contribution >= 0.6 is 0 Å². The molecule has 0 N–H and O–H groups in total. The van der Waals surface area contributed by atoms with Gasteiger partial charge in [0.25, 0.3) is 0 Å². The number of hydrogen-bond acceptors (Lipinski definition) is 3. The zero-order valence-electron chi connectivity index (χ0n) is 15.2. The van der Waals surface area contributed by atoms with E-state index >= 15 is 0 Å². The van der Waals surface area contributed by atoms with Crippen molar-refractivity contribution in [3.05, 3.63) is 12.2 Å². The van der Waals surface area contributed by atoms with E-state index in [1.54, 1.807) is 0 Å². The van der Waals surface area contributed by atoms with Gasteiger partial charge in [0.1, 0.15) is 0 Å². The normalized spacial score (nSPS) is 27.9. The van der Waals surface area contributed by atoms with Crippen molar-refractivity contribution in [3.8, 4) is 0 Å². The van der Waals surface area contributed by atoms with E-state index in [4.69, 9.17) is 9.83 Å². The molecule has 126 valence electrons. The zero-order valence-corrected chi connectivity index (χ0v) is 15.2. The lowest BCUT2D eigenvalue weighted by Crippen LogP contribution is -2.61. The summed E-state index contributed by atoms with van der Waals surface area (Å²) in [5.41, 5.74) is 1.38. The number of allylic oxidation sites excluding steroid dienone is 1. The molecule has 0 radical (unpaired) electrons. The second kappa shape index (κ2) is 7.27. The van der Waals surface area contributed by atoms with Gasteiger partial charge < -0.3 is 0 Å². The molecule has 2 rings (SSSR count). The molecule has 1 atom stereocenters. The Morgan fingerprint density at radius 1 is 1.18 bits per heavy atom. The summed E-state index contributed by atoms with van der Waals surface area (Å²) in [7, 11) is 0. The molecule has 2 aliphatic rings. The first-order valence-electron chi connectivity index (χ1n) is 8.99. The molecule has 1 saturated heterocycles. The maximum atomic E-state index is 6.46. The summed E-state index contributed by atoms with van der Waals surface area (Å²) in [6.07, 6.45) is 12.6. The van der Waals surface area contributed by atoms with Gasteiger partial charge in [-0.3, -0.25) is 9.83 Å². The fourth-order valence-corrected chi connectivity index (χ4v) is 3.83. The highest BCUT2D eigenvalue weighted by Gasteiger charge is 2.46. The van der Waals surface area contributed by atoms with E-state index in [0.29, 0.717) is 6.10 Å². The Labute approximate surface area is 136 Å². The molecule has 1 aliphatic carbocycles. The number of hydroxylamine groups is 2. The minimum absolute atomic E-state index is 0.00790. The number of nitrogens with zero attached hydrogens (tertiary/aromatic N) is 2. The highest BCUT2D eigenvalue weighted by atomic mass is 16.7. The summed E-state index contributed by atoms with van der Waals surface area (Å²) in [5, 5.41) is 2.28. The third kappa shape index (κ3) is 4.42. The van der Waals surface area contributed by atoms with Gasteiger partial charge in [0.15, 0.2) is 0 Å². The highest BCUT2D eigenvalue weighted by molar-refractivity contribution is 5.87. The Kier molecular flexibility index (Phi) is 5.84. The van der Waals surface area contributed by atoms with Crippen LogP contribution in [0.25, 0.3) is 0 Å². The number of rotatable bonds is 5. The van der Waals surface area contributed by atoms with Gasteiger partial charge in [0.05, 0.1) is 6.10 Å². The van der Waals surface area contributed by atoms with Gasteiger partial charge in [-0.15, -0.1) is 0 Å². The fraction of sp³-hybridized carbons (Fsp3) is 0.842. The molecule has 0 amide bonds. The van der Waals surface area contributed by atoms with Crippen LogP contribution in [0.1, 0.15) is 79.6 Å². The van der Waals surface area contributed by atoms with Gasteiger partial charge >= 0.3 is 0 Å². The molecule has 0 aromatic carbocycles. The zero-order chi connectivity index (χ0) is 16.2. The van der Waals surface area contributed by atoms with E-state index in [9.17, 15) is 0 Å². The van der Waals surface area contributed by atoms with Crippen LogP contribution in [0.2, 0.25) is 0 Å². The van der Waals surface area contributed by atoms with Crippen molar-refractivity contribution in [2.75, 3.05) is 6.54 Å². The SMILES string of the molecule is CCCCN=C1CC(C)(C)N(OC2CC=CCC2)C(C)(C)C1. The minimum Gasteiger partial charge on any atom is -0.294 e. The summed E-state index contributed by atoms with van der Waals surface area (Å²) in [6.45, 7) is 12.4. The van der Waals surface area contributed by atoms with Gasteiger partial charge in [-0.05, 0) is 53.4 Å². The van der Waals surface area contributed by atoms with E-state index in [-0.39, 0.29) is 11.1 Å². The Morgan fingerprint density at radius 2 is 1.86 bits per heavy atom. The quantitative estimate of drug-likeness (QED) is 0.532. The largest absolute Gasteiger partial charge is 0.294 e. The lowest BCUT2D eigenvalue weighted by molar-refractivity contribution is -0.294. The molecule has 0 aromatic heterocycles. The first kappa shape index (κ1) is 17.7. The summed E-state index contributed by atoms with van der Waals surface area (Å²) in [4.78, 5) is 11.3. The first-order valence-corrected chi connectivity index (χ1v) is 8.99. The third-order valence-corrected chi connectivity index (χ3v) is 4.70. The van der Waals surface area contributed by atoms with Crippen molar-refractivity contribution in [2.45, 2.75) is 96.7 Å². The fourth-order valence-electron chi connectivity index (χ4n) is 3.83. The van der Waals surface area contributed by atoms with E-state index in [1.165, 1.54) is 18.6 Å². The average molecular weight is 306 g/mol. The molecule has 1 heterocycles. The molecule has 0 aromatic rings. The van der Waals surface area contributed by atoms with Crippen LogP contribution in [0.15, 0.2) is 17.1 Å². The molecule has 1 unspecified atom stereocenters. The average Bonchev–Trinajstić information content (AvgIpc) is 2.44. The maximum absolute atomic E-state index is 6.46. The molecular weight excluding hydrogens is 272 g/mol. The molecule has 0 spiro atoms. The topological polar surface area (TPSA) is 24.8 Å². The van der Waals surface area contributed by atoms with Gasteiger partial charge in [0.2, 0.25) is 0 Å². The number of hydrogen-bond donors (Lipinski definition) is 0. The van der Waals surface area contributed by atoms with Crippen LogP contribution < -0.4 is 0 Å². The van der Waals surface area contributed by atoms with Gasteiger partial charge in [-0.25, -0.2) is 0 Å². The van der Waals surface area contributed by atoms with Crippen molar-refractivity contribution >= 4 is 5.71 Å². The molecule has 0 saturated carbocycles. The Hall–Kier alpha value is -0.670. The second-order valence-corrected chi connectivity index (χ2v) is 8.09. The minimum atomic E-state index is 0.00790. The van der Waals surface area contributed by atoms with Crippen molar-refractivity contribution in [2.24, 2.45) is 4.99 Å². The van der Waals surface area contributed by atoms with Crippen LogP contribution in [0.5, 0.6) is 0 Å². The van der Waals surface area contributed by atoms with E-state index in [1.807, 2.05) is 0 Å². The lowest BCUT2D eigenvalue weighted by atomic mass is 9.80. The van der Waals surface area contributed by atoms with E-state index in [0.717, 1.165) is 38.6 Å². The highest BCUT2D eigenvalue weighted by Crippen LogP contribution is 2.38. The summed E-state index contributed by atoms with van der Waals surface area (Å²) >= 11 is 0. The summed E-state index contributed by atoms with van der Waals surface area (Å²) < 4.78 is 0. The number of piperidine rings is 1. The van der Waals surface area contributed by atoms with Gasteiger partial charge in [-0.1, -0.05) is 25.5 Å². The van der Waals surface area contributed by atoms with Crippen molar-refractivity contribution in [1.82, 2.24) is 5.06 Å². The van der Waals surface area contributed by atoms with Crippen LogP contribution in [0.3, 0.4) is 0 Å². The van der Waals surface area contributed by atoms with Crippen LogP contribution in [-0.2, 0) is 4.84 Å². The Bertz CT molecular complexity index is 403. The molecule has 3 heteroatoms. The van der Waals surface area contributed by atoms with Crippen molar-refractivity contribution < 1.29 is 4.84 Å². The van der Waals surface area contributed by atoms with Crippen LogP contribution in [-0.4, -0.2) is 34.5 Å².